The lowest BCUT2D eigenvalue weighted by Crippen LogP contribution is -2.22. The van der Waals surface area contributed by atoms with Crippen LogP contribution in [-0.2, 0) is 22.4 Å². The second kappa shape index (κ2) is 7.30. The molecule has 1 aliphatic carbocycles. The summed E-state index contributed by atoms with van der Waals surface area (Å²) in [5.41, 5.74) is 3.96. The van der Waals surface area contributed by atoms with Crippen molar-refractivity contribution >= 4 is 17.6 Å². The second-order valence-corrected chi connectivity index (χ2v) is 6.20. The normalized spacial score (nSPS) is 14.5. The van der Waals surface area contributed by atoms with Gasteiger partial charge in [-0.15, -0.1) is 0 Å². The molecule has 124 valence electrons. The van der Waals surface area contributed by atoms with Gasteiger partial charge in [0.15, 0.2) is 0 Å². The highest BCUT2D eigenvalue weighted by Gasteiger charge is 2.24. The molecule has 0 unspecified atom stereocenters. The van der Waals surface area contributed by atoms with Gasteiger partial charge in [0.25, 0.3) is 0 Å². The lowest BCUT2D eigenvalue weighted by Gasteiger charge is -2.20. The Kier molecular flexibility index (Phi) is 4.94. The summed E-state index contributed by atoms with van der Waals surface area (Å²) in [7, 11) is 0. The number of hydrogen-bond donors (Lipinski definition) is 2. The molecule has 0 spiro atoms. The minimum absolute atomic E-state index is 0.0665. The van der Waals surface area contributed by atoms with E-state index < -0.39 is 11.9 Å². The summed E-state index contributed by atoms with van der Waals surface area (Å²) in [6.45, 7) is 0. The van der Waals surface area contributed by atoms with Gasteiger partial charge in [-0.1, -0.05) is 42.5 Å². The van der Waals surface area contributed by atoms with E-state index in [2.05, 4.69) is 11.4 Å². The smallest absolute Gasteiger partial charge is 0.311 e. The first-order valence-electron chi connectivity index (χ1n) is 8.33. The monoisotopic (exact) mass is 323 g/mol. The van der Waals surface area contributed by atoms with E-state index >= 15 is 0 Å². The van der Waals surface area contributed by atoms with Gasteiger partial charge in [-0.05, 0) is 48.4 Å². The number of nitrogens with one attached hydrogen (secondary N) is 1. The first kappa shape index (κ1) is 16.2. The van der Waals surface area contributed by atoms with Gasteiger partial charge in [0.1, 0.15) is 0 Å². The molecule has 3 rings (SSSR count). The molecular weight excluding hydrogens is 302 g/mol. The molecule has 1 aliphatic rings. The lowest BCUT2D eigenvalue weighted by atomic mass is 9.90. The molecule has 0 bridgehead atoms. The number of carbonyl (C=O) groups excluding carboxylic acids is 1. The van der Waals surface area contributed by atoms with Crippen LogP contribution in [0, 0.1) is 0 Å². The van der Waals surface area contributed by atoms with Crippen LogP contribution >= 0.6 is 0 Å². The number of anilines is 1. The Morgan fingerprint density at radius 1 is 1.00 bits per heavy atom. The molecule has 0 saturated carbocycles. The molecule has 0 aliphatic heterocycles. The molecule has 0 fully saturated rings. The Morgan fingerprint density at radius 2 is 1.75 bits per heavy atom. The van der Waals surface area contributed by atoms with Crippen molar-refractivity contribution in [3.05, 3.63) is 65.2 Å². The first-order chi connectivity index (χ1) is 11.6. The van der Waals surface area contributed by atoms with Gasteiger partial charge in [-0.25, -0.2) is 0 Å². The number of fused-ring (bicyclic) bond motifs is 1. The fraction of sp³-hybridized carbons (Fsp3) is 0.300. The van der Waals surface area contributed by atoms with E-state index in [0.29, 0.717) is 5.56 Å². The Morgan fingerprint density at radius 3 is 2.50 bits per heavy atom. The third kappa shape index (κ3) is 3.65. The summed E-state index contributed by atoms with van der Waals surface area (Å²) in [6, 6.07) is 14.9. The highest BCUT2D eigenvalue weighted by atomic mass is 16.4. The summed E-state index contributed by atoms with van der Waals surface area (Å²) in [4.78, 5) is 24.0. The van der Waals surface area contributed by atoms with Crippen molar-refractivity contribution in [2.24, 2.45) is 0 Å². The predicted molar refractivity (Wildman–Crippen MR) is 93.1 cm³/mol. The summed E-state index contributed by atoms with van der Waals surface area (Å²) >= 11 is 0. The Bertz CT molecular complexity index is 740. The van der Waals surface area contributed by atoms with Crippen LogP contribution in [0.2, 0.25) is 0 Å². The number of aliphatic carboxylic acids is 1. The predicted octanol–water partition coefficient (Wildman–Crippen LogP) is 3.76. The van der Waals surface area contributed by atoms with Crippen LogP contribution in [0.15, 0.2) is 48.5 Å². The summed E-state index contributed by atoms with van der Waals surface area (Å²) in [6.07, 6.45) is 4.25. The highest BCUT2D eigenvalue weighted by Crippen LogP contribution is 2.28. The van der Waals surface area contributed by atoms with Crippen LogP contribution in [0.4, 0.5) is 5.69 Å². The zero-order chi connectivity index (χ0) is 16.9. The van der Waals surface area contributed by atoms with Gasteiger partial charge in [0.05, 0.1) is 5.92 Å². The zero-order valence-corrected chi connectivity index (χ0v) is 13.5. The number of carbonyl (C=O) groups is 2. The van der Waals surface area contributed by atoms with Crippen molar-refractivity contribution in [1.82, 2.24) is 0 Å². The molecule has 2 N–H and O–H groups in total. The Hall–Kier alpha value is -2.62. The molecule has 1 atom stereocenters. The molecule has 0 heterocycles. The Balaban J connectivity index is 1.74. The van der Waals surface area contributed by atoms with Gasteiger partial charge < -0.3 is 10.4 Å². The van der Waals surface area contributed by atoms with Crippen LogP contribution < -0.4 is 5.32 Å². The minimum Gasteiger partial charge on any atom is -0.481 e. The second-order valence-electron chi connectivity index (χ2n) is 6.20. The molecule has 4 heteroatoms. The topological polar surface area (TPSA) is 66.4 Å². The molecular formula is C20H21NO3. The third-order valence-electron chi connectivity index (χ3n) is 4.56. The lowest BCUT2D eigenvalue weighted by molar-refractivity contribution is -0.140. The maximum Gasteiger partial charge on any atom is 0.311 e. The summed E-state index contributed by atoms with van der Waals surface area (Å²) in [5.74, 6) is -2.07. The molecule has 2 aromatic carbocycles. The number of carboxylic acid groups (broad SMARTS) is 1. The molecule has 24 heavy (non-hydrogen) atoms. The van der Waals surface area contributed by atoms with Crippen LogP contribution in [-0.4, -0.2) is 17.0 Å². The van der Waals surface area contributed by atoms with Crippen LogP contribution in [0.25, 0.3) is 0 Å². The van der Waals surface area contributed by atoms with E-state index in [4.69, 9.17) is 0 Å². The molecule has 0 aromatic heterocycles. The van der Waals surface area contributed by atoms with Gasteiger partial charge in [-0.3, -0.25) is 9.59 Å². The molecule has 0 radical (unpaired) electrons. The molecule has 4 nitrogen and oxygen atoms in total. The van der Waals surface area contributed by atoms with E-state index in [0.717, 1.165) is 24.9 Å². The van der Waals surface area contributed by atoms with Crippen LogP contribution in [0.1, 0.15) is 41.9 Å². The van der Waals surface area contributed by atoms with Gasteiger partial charge in [0.2, 0.25) is 5.91 Å². The van der Waals surface area contributed by atoms with Crippen molar-refractivity contribution in [3.8, 4) is 0 Å². The van der Waals surface area contributed by atoms with E-state index in [-0.39, 0.29) is 12.3 Å². The average molecular weight is 323 g/mol. The van der Waals surface area contributed by atoms with Crippen molar-refractivity contribution in [2.75, 3.05) is 5.32 Å². The van der Waals surface area contributed by atoms with Crippen molar-refractivity contribution < 1.29 is 14.7 Å². The average Bonchev–Trinajstić information content (AvgIpc) is 2.60. The third-order valence-corrected chi connectivity index (χ3v) is 4.56. The maximum atomic E-state index is 12.4. The van der Waals surface area contributed by atoms with E-state index in [9.17, 15) is 14.7 Å². The van der Waals surface area contributed by atoms with Crippen molar-refractivity contribution in [1.29, 1.82) is 0 Å². The van der Waals surface area contributed by atoms with Crippen molar-refractivity contribution in [3.63, 3.8) is 0 Å². The SMILES string of the molecule is O=C(C[C@@H](C(=O)O)c1ccccc1)Nc1cccc2c1CCCC2. The van der Waals surface area contributed by atoms with E-state index in [1.54, 1.807) is 24.3 Å². The number of carboxylic acids is 1. The summed E-state index contributed by atoms with van der Waals surface area (Å²) in [5, 5.41) is 12.4. The van der Waals surface area contributed by atoms with Gasteiger partial charge >= 0.3 is 5.97 Å². The van der Waals surface area contributed by atoms with E-state index in [1.165, 1.54) is 17.5 Å². The van der Waals surface area contributed by atoms with Crippen LogP contribution in [0.3, 0.4) is 0 Å². The quantitative estimate of drug-likeness (QED) is 0.880. The number of amides is 1. The minimum atomic E-state index is -0.980. The fourth-order valence-corrected chi connectivity index (χ4v) is 3.32. The molecule has 0 saturated heterocycles. The maximum absolute atomic E-state index is 12.4. The van der Waals surface area contributed by atoms with Crippen molar-refractivity contribution in [2.45, 2.75) is 38.0 Å². The summed E-state index contributed by atoms with van der Waals surface area (Å²) < 4.78 is 0. The molecule has 1 amide bonds. The number of hydrogen-bond acceptors (Lipinski definition) is 2. The first-order valence-corrected chi connectivity index (χ1v) is 8.33. The highest BCUT2D eigenvalue weighted by molar-refractivity contribution is 5.95. The number of rotatable bonds is 5. The largest absolute Gasteiger partial charge is 0.481 e. The fourth-order valence-electron chi connectivity index (χ4n) is 3.32. The van der Waals surface area contributed by atoms with E-state index in [1.807, 2.05) is 18.2 Å². The Labute approximate surface area is 141 Å². The zero-order valence-electron chi connectivity index (χ0n) is 13.5. The number of aryl methyl sites for hydroxylation is 1. The van der Waals surface area contributed by atoms with Gasteiger partial charge in [-0.2, -0.15) is 0 Å². The molecule has 2 aromatic rings. The standard InChI is InChI=1S/C20H21NO3/c22-19(13-17(20(23)24)15-7-2-1-3-8-15)21-18-12-6-10-14-9-4-5-11-16(14)18/h1-3,6-8,10,12,17H,4-5,9,11,13H2,(H,21,22)(H,23,24)/t17-/m1/s1. The van der Waals surface area contributed by atoms with Crippen LogP contribution in [0.5, 0.6) is 0 Å². The number of benzene rings is 2. The van der Waals surface area contributed by atoms with Gasteiger partial charge in [0, 0.05) is 12.1 Å².